The van der Waals surface area contributed by atoms with Crippen molar-refractivity contribution < 1.29 is 4.79 Å². The lowest BCUT2D eigenvalue weighted by Gasteiger charge is -2.09. The molecule has 0 aromatic heterocycles. The van der Waals surface area contributed by atoms with E-state index < -0.39 is 0 Å². The number of hydrogen-bond donors (Lipinski definition) is 0. The van der Waals surface area contributed by atoms with Gasteiger partial charge in [-0.3, -0.25) is 4.79 Å². The van der Waals surface area contributed by atoms with Crippen LogP contribution in [0.3, 0.4) is 0 Å². The van der Waals surface area contributed by atoms with E-state index in [4.69, 9.17) is 12.2 Å². The molecule has 4 heteroatoms. The molecule has 0 unspecified atom stereocenters. The zero-order chi connectivity index (χ0) is 9.42. The Labute approximate surface area is 88.8 Å². The van der Waals surface area contributed by atoms with Crippen LogP contribution in [-0.4, -0.2) is 17.0 Å². The number of carbonyl (C=O) groups is 1. The minimum absolute atomic E-state index is 0.226. The predicted molar refractivity (Wildman–Crippen MR) is 58.7 cm³/mol. The second kappa shape index (κ2) is 3.12. The molecule has 2 rings (SSSR count). The summed E-state index contributed by atoms with van der Waals surface area (Å²) in [5, 5.41) is 0. The highest BCUT2D eigenvalue weighted by molar-refractivity contribution is 9.10. The summed E-state index contributed by atoms with van der Waals surface area (Å²) in [6, 6.07) is 5.37. The van der Waals surface area contributed by atoms with Gasteiger partial charge in [-0.2, -0.15) is 0 Å². The van der Waals surface area contributed by atoms with Crippen LogP contribution >= 0.6 is 28.1 Å². The summed E-state index contributed by atoms with van der Waals surface area (Å²) < 4.78 is 0.914. The minimum Gasteiger partial charge on any atom is -0.267 e. The van der Waals surface area contributed by atoms with Crippen molar-refractivity contribution in [2.45, 2.75) is 0 Å². The maximum absolute atomic E-state index is 11.3. The van der Waals surface area contributed by atoms with Gasteiger partial charge in [-0.1, -0.05) is 28.1 Å². The summed E-state index contributed by atoms with van der Waals surface area (Å²) in [4.78, 5) is 15.5. The normalized spacial score (nSPS) is 14.5. The Morgan fingerprint density at radius 3 is 2.85 bits per heavy atom. The van der Waals surface area contributed by atoms with Crippen molar-refractivity contribution in [2.75, 3.05) is 0 Å². The molecule has 0 aliphatic carbocycles. The van der Waals surface area contributed by atoms with Gasteiger partial charge in [0.1, 0.15) is 0 Å². The highest BCUT2D eigenvalue weighted by atomic mass is 79.9. The predicted octanol–water partition coefficient (Wildman–Crippen LogP) is 2.39. The first-order valence-electron chi connectivity index (χ1n) is 3.61. The maximum Gasteiger partial charge on any atom is 0.277 e. The highest BCUT2D eigenvalue weighted by Gasteiger charge is 2.17. The number of carbonyl (C=O) groups excluding carboxylic acids is 1. The molecule has 0 atom stereocenters. The van der Waals surface area contributed by atoms with E-state index in [0.717, 1.165) is 10.0 Å². The first-order valence-corrected chi connectivity index (χ1v) is 4.81. The van der Waals surface area contributed by atoms with Crippen molar-refractivity contribution in [3.8, 4) is 0 Å². The number of thiocarbonyl (C=S) groups is 1. The third kappa shape index (κ3) is 1.47. The zero-order valence-electron chi connectivity index (χ0n) is 6.45. The van der Waals surface area contributed by atoms with Crippen LogP contribution in [0.15, 0.2) is 27.7 Å². The summed E-state index contributed by atoms with van der Waals surface area (Å²) in [7, 11) is 0. The molecule has 1 aliphatic rings. The van der Waals surface area contributed by atoms with Crippen molar-refractivity contribution in [3.63, 3.8) is 0 Å². The second-order valence-corrected chi connectivity index (χ2v) is 3.97. The third-order valence-corrected chi connectivity index (χ3v) is 2.60. The maximum atomic E-state index is 11.3. The monoisotopic (exact) mass is 253 g/mol. The van der Waals surface area contributed by atoms with Gasteiger partial charge in [-0.05, 0) is 18.2 Å². The molecule has 0 N–H and O–H groups in total. The molecule has 0 radical (unpaired) electrons. The Hall–Kier alpha value is -0.870. The van der Waals surface area contributed by atoms with Crippen LogP contribution in [0, 0.1) is 0 Å². The second-order valence-electron chi connectivity index (χ2n) is 2.62. The fraction of sp³-hybridized carbons (Fsp3) is 0. The molecule has 13 heavy (non-hydrogen) atoms. The number of aliphatic imine (C=N–C) groups is 1. The lowest BCUT2D eigenvalue weighted by atomic mass is 10.0. The molecule has 0 saturated carbocycles. The van der Waals surface area contributed by atoms with Crippen molar-refractivity contribution in [2.24, 2.45) is 4.99 Å². The van der Waals surface area contributed by atoms with Gasteiger partial charge < -0.3 is 0 Å². The highest BCUT2D eigenvalue weighted by Crippen LogP contribution is 2.20. The van der Waals surface area contributed by atoms with Crippen molar-refractivity contribution in [1.82, 2.24) is 0 Å². The first kappa shape index (κ1) is 8.72. The van der Waals surface area contributed by atoms with E-state index in [9.17, 15) is 4.79 Å². The number of halogens is 1. The number of benzene rings is 1. The smallest absolute Gasteiger partial charge is 0.267 e. The van der Waals surface area contributed by atoms with Crippen LogP contribution in [0.25, 0.3) is 0 Å². The lowest BCUT2D eigenvalue weighted by Crippen LogP contribution is -2.14. The third-order valence-electron chi connectivity index (χ3n) is 1.78. The molecule has 1 aliphatic heterocycles. The van der Waals surface area contributed by atoms with E-state index in [1.807, 2.05) is 6.07 Å². The van der Waals surface area contributed by atoms with E-state index in [1.165, 1.54) is 6.21 Å². The van der Waals surface area contributed by atoms with Crippen LogP contribution in [0.2, 0.25) is 0 Å². The van der Waals surface area contributed by atoms with Crippen LogP contribution in [0.5, 0.6) is 0 Å². The summed E-state index contributed by atoms with van der Waals surface area (Å²) in [6.07, 6.45) is 1.42. The molecular formula is C9H4BrNOS. The standard InChI is InChI=1S/C9H4BrNOS/c10-5-1-2-6-7(3-5)8(13)4-11-9(6)12/h1-4H. The molecule has 0 saturated heterocycles. The number of amides is 1. The van der Waals surface area contributed by atoms with Gasteiger partial charge in [-0.25, -0.2) is 4.99 Å². The van der Waals surface area contributed by atoms with Crippen molar-refractivity contribution in [1.29, 1.82) is 0 Å². The fourth-order valence-electron chi connectivity index (χ4n) is 1.16. The molecule has 1 aromatic rings. The average Bonchev–Trinajstić information content (AvgIpc) is 2.12. The fourth-order valence-corrected chi connectivity index (χ4v) is 1.75. The van der Waals surface area contributed by atoms with Gasteiger partial charge in [0.05, 0.1) is 10.4 Å². The van der Waals surface area contributed by atoms with E-state index >= 15 is 0 Å². The Morgan fingerprint density at radius 1 is 1.31 bits per heavy atom. The number of nitrogens with zero attached hydrogens (tertiary/aromatic N) is 1. The average molecular weight is 254 g/mol. The molecule has 0 fully saturated rings. The van der Waals surface area contributed by atoms with Gasteiger partial charge in [0.15, 0.2) is 0 Å². The molecule has 1 aromatic carbocycles. The van der Waals surface area contributed by atoms with Gasteiger partial charge in [-0.15, -0.1) is 0 Å². The van der Waals surface area contributed by atoms with Crippen LogP contribution in [0.4, 0.5) is 0 Å². The largest absolute Gasteiger partial charge is 0.277 e. The van der Waals surface area contributed by atoms with Gasteiger partial charge >= 0.3 is 0 Å². The molecule has 1 heterocycles. The Morgan fingerprint density at radius 2 is 2.08 bits per heavy atom. The molecular weight excluding hydrogens is 250 g/mol. The first-order chi connectivity index (χ1) is 6.18. The summed E-state index contributed by atoms with van der Waals surface area (Å²) in [5.74, 6) is -0.226. The number of rotatable bonds is 0. The topological polar surface area (TPSA) is 29.4 Å². The van der Waals surface area contributed by atoms with Gasteiger partial charge in [0, 0.05) is 16.3 Å². The van der Waals surface area contributed by atoms with Crippen molar-refractivity contribution >= 4 is 45.1 Å². The Bertz CT molecular complexity index is 439. The van der Waals surface area contributed by atoms with E-state index in [1.54, 1.807) is 12.1 Å². The van der Waals surface area contributed by atoms with Crippen molar-refractivity contribution in [3.05, 3.63) is 33.8 Å². The van der Waals surface area contributed by atoms with E-state index in [-0.39, 0.29) is 5.91 Å². The van der Waals surface area contributed by atoms with E-state index in [2.05, 4.69) is 20.9 Å². The molecule has 2 nitrogen and oxygen atoms in total. The summed E-state index contributed by atoms with van der Waals surface area (Å²) in [5.41, 5.74) is 1.36. The molecule has 0 spiro atoms. The molecule has 64 valence electrons. The SMILES string of the molecule is O=C1N=CC(=S)c2cc(Br)ccc21. The van der Waals surface area contributed by atoms with Crippen LogP contribution < -0.4 is 0 Å². The van der Waals surface area contributed by atoms with Gasteiger partial charge in [0.25, 0.3) is 5.91 Å². The Kier molecular flexibility index (Phi) is 2.09. The lowest BCUT2D eigenvalue weighted by molar-refractivity contribution is 0.100. The molecule has 1 amide bonds. The minimum atomic E-state index is -0.226. The number of hydrogen-bond acceptors (Lipinski definition) is 2. The van der Waals surface area contributed by atoms with Crippen LogP contribution in [0.1, 0.15) is 15.9 Å². The Balaban J connectivity index is 2.69. The summed E-state index contributed by atoms with van der Waals surface area (Å²) in [6.45, 7) is 0. The van der Waals surface area contributed by atoms with Gasteiger partial charge in [0.2, 0.25) is 0 Å². The molecule has 0 bridgehead atoms. The summed E-state index contributed by atoms with van der Waals surface area (Å²) >= 11 is 8.37. The van der Waals surface area contributed by atoms with Crippen LogP contribution in [-0.2, 0) is 0 Å². The zero-order valence-corrected chi connectivity index (χ0v) is 8.85. The quantitative estimate of drug-likeness (QED) is 0.665. The van der Waals surface area contributed by atoms with E-state index in [0.29, 0.717) is 10.4 Å². The number of fused-ring (bicyclic) bond motifs is 1.